The number of piperidine rings is 1. The number of hydrogen-bond acceptors (Lipinski definition) is 7. The van der Waals surface area contributed by atoms with Gasteiger partial charge in [0.1, 0.15) is 12.1 Å². The Hall–Kier alpha value is -3.76. The van der Waals surface area contributed by atoms with E-state index < -0.39 is 53.7 Å². The van der Waals surface area contributed by atoms with Crippen LogP contribution < -0.4 is 16.4 Å². The summed E-state index contributed by atoms with van der Waals surface area (Å²) in [4.78, 5) is 80.6. The van der Waals surface area contributed by atoms with Crippen molar-refractivity contribution in [1.82, 2.24) is 15.5 Å². The number of nitrogens with one attached hydrogen (secondary N) is 2. The summed E-state index contributed by atoms with van der Waals surface area (Å²) in [5.41, 5.74) is 5.95. The zero-order valence-electron chi connectivity index (χ0n) is 25.4. The molecule has 1 saturated heterocycles. The zero-order valence-corrected chi connectivity index (χ0v) is 25.4. The second kappa shape index (κ2) is 11.6. The quantitative estimate of drug-likeness (QED) is 0.271. The summed E-state index contributed by atoms with van der Waals surface area (Å²) >= 11 is 0. The van der Waals surface area contributed by atoms with Crippen molar-refractivity contribution < 1.29 is 33.5 Å². The molecule has 3 aliphatic carbocycles. The molecule has 1 aromatic carbocycles. The molecule has 4 fully saturated rings. The third-order valence-corrected chi connectivity index (χ3v) is 11.0. The Morgan fingerprint density at radius 1 is 0.977 bits per heavy atom. The summed E-state index contributed by atoms with van der Waals surface area (Å²) in [6.45, 7) is 4.49. The molecule has 11 heteroatoms. The van der Waals surface area contributed by atoms with Crippen LogP contribution in [0, 0.1) is 29.1 Å². The van der Waals surface area contributed by atoms with Gasteiger partial charge in [-0.1, -0.05) is 70.6 Å². The number of carbonyl (C=O) groups is 6. The van der Waals surface area contributed by atoms with E-state index in [9.17, 15) is 28.8 Å². The fraction of sp³-hybridized carbons (Fsp3) is 0.636. The second-order valence-corrected chi connectivity index (χ2v) is 14.0. The van der Waals surface area contributed by atoms with Gasteiger partial charge in [-0.25, -0.2) is 4.79 Å². The summed E-state index contributed by atoms with van der Waals surface area (Å²) in [5, 5.41) is 5.75. The predicted octanol–water partition coefficient (Wildman–Crippen LogP) is 2.18. The number of likely N-dealkylation sites (tertiary alicyclic amines) is 1. The van der Waals surface area contributed by atoms with Crippen LogP contribution in [-0.2, 0) is 28.7 Å². The minimum Gasteiger partial charge on any atom is -0.444 e. The molecule has 0 spiro atoms. The second-order valence-electron chi connectivity index (χ2n) is 14.0. The highest BCUT2D eigenvalue weighted by Gasteiger charge is 2.69. The van der Waals surface area contributed by atoms with Crippen LogP contribution in [0.5, 0.6) is 0 Å². The van der Waals surface area contributed by atoms with Crippen LogP contribution >= 0.6 is 0 Å². The van der Waals surface area contributed by atoms with Crippen molar-refractivity contribution in [2.75, 3.05) is 6.54 Å². The number of nitrogens with two attached hydrogens (primary N) is 1. The number of hydrogen-bond donors (Lipinski definition) is 3. The number of primary amides is 1. The summed E-state index contributed by atoms with van der Waals surface area (Å²) < 4.78 is 5.42. The molecule has 5 aliphatic rings. The van der Waals surface area contributed by atoms with Gasteiger partial charge in [-0.05, 0) is 54.4 Å². The number of ether oxygens (including phenoxy) is 1. The number of fused-ring (bicyclic) bond motifs is 2. The summed E-state index contributed by atoms with van der Waals surface area (Å²) in [5.74, 6) is -3.81. The molecule has 44 heavy (non-hydrogen) atoms. The number of cyclic esters (lactones) is 1. The molecule has 0 radical (unpaired) electrons. The first-order valence-corrected chi connectivity index (χ1v) is 16.0. The molecule has 2 heterocycles. The predicted molar refractivity (Wildman–Crippen MR) is 157 cm³/mol. The van der Waals surface area contributed by atoms with E-state index in [0.717, 1.165) is 51.4 Å². The molecular weight excluding hydrogens is 564 g/mol. The van der Waals surface area contributed by atoms with Crippen LogP contribution in [0.4, 0.5) is 0 Å². The maximum atomic E-state index is 14.4. The normalized spacial score (nSPS) is 28.5. The van der Waals surface area contributed by atoms with Crippen molar-refractivity contribution in [1.29, 1.82) is 0 Å². The Balaban J connectivity index is 1.24. The number of ketones is 1. The van der Waals surface area contributed by atoms with Crippen LogP contribution in [0.1, 0.15) is 93.7 Å². The molecule has 0 aromatic heterocycles. The fourth-order valence-electron chi connectivity index (χ4n) is 8.13. The Morgan fingerprint density at radius 2 is 1.68 bits per heavy atom. The van der Waals surface area contributed by atoms with E-state index in [1.165, 1.54) is 0 Å². The summed E-state index contributed by atoms with van der Waals surface area (Å²) in [7, 11) is 0. The van der Waals surface area contributed by atoms with E-state index in [1.807, 2.05) is 0 Å². The van der Waals surface area contributed by atoms with E-state index in [0.29, 0.717) is 24.1 Å². The van der Waals surface area contributed by atoms with E-state index >= 15 is 0 Å². The monoisotopic (exact) mass is 606 g/mol. The van der Waals surface area contributed by atoms with E-state index in [-0.39, 0.29) is 35.0 Å². The highest BCUT2D eigenvalue weighted by atomic mass is 16.6. The molecule has 3 saturated carbocycles. The molecule has 4 amide bonds. The van der Waals surface area contributed by atoms with E-state index in [1.54, 1.807) is 29.2 Å². The number of amides is 4. The topological polar surface area (TPSA) is 165 Å². The molecule has 6 rings (SSSR count). The highest BCUT2D eigenvalue weighted by molar-refractivity contribution is 6.37. The van der Waals surface area contributed by atoms with Gasteiger partial charge in [-0.2, -0.15) is 0 Å². The van der Waals surface area contributed by atoms with Gasteiger partial charge in [0.05, 0.1) is 11.6 Å². The van der Waals surface area contributed by atoms with Crippen molar-refractivity contribution >= 4 is 35.4 Å². The van der Waals surface area contributed by atoms with Crippen LogP contribution in [0.15, 0.2) is 24.3 Å². The number of rotatable bonds is 10. The summed E-state index contributed by atoms with van der Waals surface area (Å²) in [6, 6.07) is 3.93. The highest BCUT2D eigenvalue weighted by Crippen LogP contribution is 2.65. The van der Waals surface area contributed by atoms with Gasteiger partial charge < -0.3 is 26.0 Å². The number of benzene rings is 1. The number of esters is 1. The van der Waals surface area contributed by atoms with Gasteiger partial charge in [0.2, 0.25) is 23.7 Å². The van der Waals surface area contributed by atoms with Crippen LogP contribution in [0.25, 0.3) is 0 Å². The molecule has 2 unspecified atom stereocenters. The van der Waals surface area contributed by atoms with Crippen LogP contribution in [0.2, 0.25) is 0 Å². The third-order valence-electron chi connectivity index (χ3n) is 11.0. The first-order valence-electron chi connectivity index (χ1n) is 16.0. The van der Waals surface area contributed by atoms with Gasteiger partial charge in [0.25, 0.3) is 11.8 Å². The Bertz CT molecular complexity index is 1380. The molecule has 1 aromatic rings. The van der Waals surface area contributed by atoms with Gasteiger partial charge in [-0.15, -0.1) is 0 Å². The fourth-order valence-corrected chi connectivity index (χ4v) is 8.13. The lowest BCUT2D eigenvalue weighted by Crippen LogP contribution is -2.60. The lowest BCUT2D eigenvalue weighted by Gasteiger charge is -2.37. The number of nitrogens with zero attached hydrogens (tertiary/aromatic N) is 1. The van der Waals surface area contributed by atoms with E-state index in [2.05, 4.69) is 24.5 Å². The zero-order chi connectivity index (χ0) is 31.3. The number of carbonyl (C=O) groups excluding carboxylic acids is 6. The van der Waals surface area contributed by atoms with Crippen LogP contribution in [-0.4, -0.2) is 65.0 Å². The average molecular weight is 607 g/mol. The van der Waals surface area contributed by atoms with Crippen LogP contribution in [0.3, 0.4) is 0 Å². The standard InChI is InChI=1S/C33H42N4O7/c1-33(2)21-16-37(25(23(21)33)29(40)35-22(26(38)28(34)39)15-17-9-8-10-17)31(42)24(18-11-4-3-5-12-18)36-30(41)27-19-13-6-7-14-20(19)32(43)44-27/h6-7,13-14,17-18,21-25,27H,3-5,8-12,15-16H2,1-2H3,(H2,34,39)(H,35,40)(H,36,41)/t21-,22?,23-,24-,25-,27?/m0/s1. The van der Waals surface area contributed by atoms with Crippen molar-refractivity contribution in [3.63, 3.8) is 0 Å². The van der Waals surface area contributed by atoms with Crippen molar-refractivity contribution in [3.8, 4) is 0 Å². The Kier molecular flexibility index (Phi) is 8.00. The molecule has 236 valence electrons. The lowest BCUT2D eigenvalue weighted by atomic mass is 9.80. The van der Waals surface area contributed by atoms with E-state index in [4.69, 9.17) is 10.5 Å². The molecule has 6 atom stereocenters. The molecule has 4 N–H and O–H groups in total. The Morgan fingerprint density at radius 3 is 2.34 bits per heavy atom. The molecule has 0 bridgehead atoms. The average Bonchev–Trinajstić information content (AvgIpc) is 3.29. The summed E-state index contributed by atoms with van der Waals surface area (Å²) in [6.07, 6.45) is 6.46. The number of Topliss-reactive ketones (excluding diaryl/α,β-unsaturated/α-hetero) is 1. The van der Waals surface area contributed by atoms with Crippen molar-refractivity contribution in [2.45, 2.75) is 95.9 Å². The minimum atomic E-state index is -1.16. The van der Waals surface area contributed by atoms with Gasteiger partial charge in [0, 0.05) is 12.1 Å². The smallest absolute Gasteiger partial charge is 0.339 e. The molecule has 2 aliphatic heterocycles. The first-order chi connectivity index (χ1) is 21.0. The SMILES string of the molecule is CC1(C)[C@@H]2[C@@H](C(=O)NC(CC3CCC3)C(=O)C(N)=O)N(C(=O)[C@@H](NC(=O)C3OC(=O)c4ccccc43)C3CCCCC3)C[C@@H]21. The lowest BCUT2D eigenvalue weighted by molar-refractivity contribution is -0.146. The first kappa shape index (κ1) is 30.3. The third kappa shape index (κ3) is 5.38. The minimum absolute atomic E-state index is 0.0875. The maximum absolute atomic E-state index is 14.4. The largest absolute Gasteiger partial charge is 0.444 e. The van der Waals surface area contributed by atoms with Gasteiger partial charge in [0.15, 0.2) is 0 Å². The van der Waals surface area contributed by atoms with Gasteiger partial charge >= 0.3 is 5.97 Å². The maximum Gasteiger partial charge on any atom is 0.339 e. The van der Waals surface area contributed by atoms with Gasteiger partial charge in [-0.3, -0.25) is 24.0 Å². The Labute approximate surface area is 257 Å². The van der Waals surface area contributed by atoms with Crippen molar-refractivity contribution in [2.24, 2.45) is 34.8 Å². The van der Waals surface area contributed by atoms with Crippen molar-refractivity contribution in [3.05, 3.63) is 35.4 Å². The molecule has 11 nitrogen and oxygen atoms in total. The molecular formula is C33H42N4O7.